The van der Waals surface area contributed by atoms with Crippen LogP contribution in [-0.2, 0) is 6.61 Å². The van der Waals surface area contributed by atoms with Crippen LogP contribution in [0.15, 0.2) is 46.9 Å². The summed E-state index contributed by atoms with van der Waals surface area (Å²) in [5.41, 5.74) is 1.63. The van der Waals surface area contributed by atoms with Gasteiger partial charge >= 0.3 is 0 Å². The number of halogens is 2. The lowest BCUT2D eigenvalue weighted by Gasteiger charge is -2.18. The van der Waals surface area contributed by atoms with Crippen molar-refractivity contribution in [2.75, 3.05) is 6.54 Å². The first kappa shape index (κ1) is 16.0. The number of nitrogens with one attached hydrogen (secondary N) is 1. The summed E-state index contributed by atoms with van der Waals surface area (Å²) in [4.78, 5) is 0. The molecule has 21 heavy (non-hydrogen) atoms. The summed E-state index contributed by atoms with van der Waals surface area (Å²) >= 11 is 3.40. The fourth-order valence-electron chi connectivity index (χ4n) is 2.21. The van der Waals surface area contributed by atoms with Gasteiger partial charge in [0.25, 0.3) is 0 Å². The third-order valence-corrected chi connectivity index (χ3v) is 3.79. The highest BCUT2D eigenvalue weighted by atomic mass is 79.9. The van der Waals surface area contributed by atoms with Crippen molar-refractivity contribution in [2.45, 2.75) is 26.5 Å². The molecule has 0 fully saturated rings. The minimum Gasteiger partial charge on any atom is -0.488 e. The number of benzene rings is 2. The van der Waals surface area contributed by atoms with Gasteiger partial charge in [0, 0.05) is 16.1 Å². The molecule has 0 saturated heterocycles. The lowest BCUT2D eigenvalue weighted by Crippen LogP contribution is -2.19. The molecule has 2 aromatic carbocycles. The number of hydrogen-bond donors (Lipinski definition) is 1. The van der Waals surface area contributed by atoms with E-state index in [1.165, 1.54) is 6.07 Å². The maximum absolute atomic E-state index is 14.1. The minimum atomic E-state index is -0.239. The summed E-state index contributed by atoms with van der Waals surface area (Å²) < 4.78 is 20.9. The van der Waals surface area contributed by atoms with Crippen LogP contribution in [0.3, 0.4) is 0 Å². The molecule has 112 valence electrons. The third-order valence-electron chi connectivity index (χ3n) is 3.26. The number of ether oxygens (including phenoxy) is 1. The first-order valence-electron chi connectivity index (χ1n) is 7.01. The molecular weight excluding hydrogens is 333 g/mol. The first-order chi connectivity index (χ1) is 10.1. The third kappa shape index (κ3) is 4.29. The summed E-state index contributed by atoms with van der Waals surface area (Å²) in [7, 11) is 0. The molecule has 0 radical (unpaired) electrons. The normalized spacial score (nSPS) is 12.2. The van der Waals surface area contributed by atoms with Crippen molar-refractivity contribution >= 4 is 15.9 Å². The van der Waals surface area contributed by atoms with E-state index in [4.69, 9.17) is 4.74 Å². The Morgan fingerprint density at radius 1 is 1.19 bits per heavy atom. The van der Waals surface area contributed by atoms with E-state index in [9.17, 15) is 4.39 Å². The summed E-state index contributed by atoms with van der Waals surface area (Å²) in [5.74, 6) is 0.350. The Balaban J connectivity index is 2.15. The molecule has 0 aliphatic heterocycles. The van der Waals surface area contributed by atoms with E-state index in [2.05, 4.69) is 21.2 Å². The molecule has 2 rings (SSSR count). The Morgan fingerprint density at radius 3 is 2.57 bits per heavy atom. The molecule has 0 heterocycles. The van der Waals surface area contributed by atoms with Crippen LogP contribution in [0.2, 0.25) is 0 Å². The molecule has 0 amide bonds. The van der Waals surface area contributed by atoms with Crippen molar-refractivity contribution < 1.29 is 9.13 Å². The van der Waals surface area contributed by atoms with Gasteiger partial charge in [0.05, 0.1) is 0 Å². The standard InChI is InChI=1S/C17H19BrFNO/c1-3-20-12(2)17-15(19)5-4-6-16(17)21-11-13-7-9-14(18)10-8-13/h4-10,12,20H,3,11H2,1-2H3. The zero-order valence-electron chi connectivity index (χ0n) is 12.2. The van der Waals surface area contributed by atoms with E-state index in [0.29, 0.717) is 17.9 Å². The zero-order chi connectivity index (χ0) is 15.2. The van der Waals surface area contributed by atoms with E-state index in [1.807, 2.05) is 44.2 Å². The van der Waals surface area contributed by atoms with E-state index < -0.39 is 0 Å². The minimum absolute atomic E-state index is 0.0869. The SMILES string of the molecule is CCNC(C)c1c(F)cccc1OCc1ccc(Br)cc1. The summed E-state index contributed by atoms with van der Waals surface area (Å²) in [5, 5.41) is 3.22. The van der Waals surface area contributed by atoms with Gasteiger partial charge in [-0.25, -0.2) is 4.39 Å². The second-order valence-corrected chi connectivity index (χ2v) is 5.76. The molecular formula is C17H19BrFNO. The summed E-state index contributed by atoms with van der Waals surface area (Å²) in [6, 6.07) is 12.8. The van der Waals surface area contributed by atoms with E-state index in [1.54, 1.807) is 6.07 Å². The summed E-state index contributed by atoms with van der Waals surface area (Å²) in [6.07, 6.45) is 0. The molecule has 0 bridgehead atoms. The Kier molecular flexibility index (Phi) is 5.76. The van der Waals surface area contributed by atoms with E-state index in [-0.39, 0.29) is 11.9 Å². The van der Waals surface area contributed by atoms with Crippen LogP contribution in [0.25, 0.3) is 0 Å². The Hall–Kier alpha value is -1.39. The Bertz CT molecular complexity index is 586. The average Bonchev–Trinajstić information content (AvgIpc) is 2.47. The van der Waals surface area contributed by atoms with Crippen LogP contribution < -0.4 is 10.1 Å². The van der Waals surface area contributed by atoms with Crippen LogP contribution in [0, 0.1) is 5.82 Å². The molecule has 0 aromatic heterocycles. The van der Waals surface area contributed by atoms with Gasteiger partial charge < -0.3 is 10.1 Å². The lowest BCUT2D eigenvalue weighted by molar-refractivity contribution is 0.297. The van der Waals surface area contributed by atoms with Crippen molar-refractivity contribution in [3.63, 3.8) is 0 Å². The van der Waals surface area contributed by atoms with Crippen LogP contribution in [0.1, 0.15) is 31.0 Å². The predicted molar refractivity (Wildman–Crippen MR) is 87.0 cm³/mol. The molecule has 0 aliphatic rings. The van der Waals surface area contributed by atoms with Crippen LogP contribution in [-0.4, -0.2) is 6.54 Å². The van der Waals surface area contributed by atoms with Crippen molar-refractivity contribution in [3.8, 4) is 5.75 Å². The Morgan fingerprint density at radius 2 is 1.90 bits per heavy atom. The van der Waals surface area contributed by atoms with Crippen molar-refractivity contribution in [1.82, 2.24) is 5.32 Å². The smallest absolute Gasteiger partial charge is 0.131 e. The predicted octanol–water partition coefficient (Wildman–Crippen LogP) is 4.84. The molecule has 4 heteroatoms. The molecule has 0 saturated carbocycles. The topological polar surface area (TPSA) is 21.3 Å². The van der Waals surface area contributed by atoms with Gasteiger partial charge in [-0.15, -0.1) is 0 Å². The first-order valence-corrected chi connectivity index (χ1v) is 7.80. The second-order valence-electron chi connectivity index (χ2n) is 4.85. The molecule has 2 nitrogen and oxygen atoms in total. The quantitative estimate of drug-likeness (QED) is 0.803. The second kappa shape index (κ2) is 7.57. The lowest BCUT2D eigenvalue weighted by atomic mass is 10.1. The van der Waals surface area contributed by atoms with Crippen molar-refractivity contribution in [2.24, 2.45) is 0 Å². The van der Waals surface area contributed by atoms with Crippen LogP contribution >= 0.6 is 15.9 Å². The van der Waals surface area contributed by atoms with E-state index in [0.717, 1.165) is 16.6 Å². The van der Waals surface area contributed by atoms with Crippen LogP contribution in [0.4, 0.5) is 4.39 Å². The number of hydrogen-bond acceptors (Lipinski definition) is 2. The highest BCUT2D eigenvalue weighted by molar-refractivity contribution is 9.10. The van der Waals surface area contributed by atoms with Crippen LogP contribution in [0.5, 0.6) is 5.75 Å². The molecule has 1 unspecified atom stereocenters. The maximum Gasteiger partial charge on any atom is 0.131 e. The van der Waals surface area contributed by atoms with Crippen molar-refractivity contribution in [1.29, 1.82) is 0 Å². The molecule has 0 aliphatic carbocycles. The molecule has 1 N–H and O–H groups in total. The van der Waals surface area contributed by atoms with Crippen molar-refractivity contribution in [3.05, 3.63) is 63.9 Å². The highest BCUT2D eigenvalue weighted by Crippen LogP contribution is 2.28. The largest absolute Gasteiger partial charge is 0.488 e. The molecule has 1 atom stereocenters. The van der Waals surface area contributed by atoms with Gasteiger partial charge in [0.15, 0.2) is 0 Å². The van der Waals surface area contributed by atoms with Gasteiger partial charge in [-0.1, -0.05) is 41.1 Å². The summed E-state index contributed by atoms with van der Waals surface area (Å²) in [6.45, 7) is 5.14. The van der Waals surface area contributed by atoms with Gasteiger partial charge in [0.1, 0.15) is 18.2 Å². The molecule has 2 aromatic rings. The van der Waals surface area contributed by atoms with E-state index >= 15 is 0 Å². The Labute approximate surface area is 133 Å². The fourth-order valence-corrected chi connectivity index (χ4v) is 2.48. The van der Waals surface area contributed by atoms with Gasteiger partial charge in [-0.05, 0) is 43.3 Å². The number of rotatable bonds is 6. The molecule has 0 spiro atoms. The highest BCUT2D eigenvalue weighted by Gasteiger charge is 2.16. The fraction of sp³-hybridized carbons (Fsp3) is 0.294. The zero-order valence-corrected chi connectivity index (χ0v) is 13.8. The monoisotopic (exact) mass is 351 g/mol. The van der Waals surface area contributed by atoms with Gasteiger partial charge in [-0.3, -0.25) is 0 Å². The van der Waals surface area contributed by atoms with Gasteiger partial charge in [0.2, 0.25) is 0 Å². The maximum atomic E-state index is 14.1. The average molecular weight is 352 g/mol. The van der Waals surface area contributed by atoms with Gasteiger partial charge in [-0.2, -0.15) is 0 Å².